The summed E-state index contributed by atoms with van der Waals surface area (Å²) in [6.45, 7) is 0.632. The second kappa shape index (κ2) is 16.2. The lowest BCUT2D eigenvalue weighted by molar-refractivity contribution is -0.146. The summed E-state index contributed by atoms with van der Waals surface area (Å²) in [4.78, 5) is 22.6. The topological polar surface area (TPSA) is 93.1 Å². The van der Waals surface area contributed by atoms with Crippen LogP contribution in [0, 0.1) is 0 Å². The highest BCUT2D eigenvalue weighted by Gasteiger charge is 2.05. The van der Waals surface area contributed by atoms with E-state index in [1.54, 1.807) is 0 Å². The smallest absolute Gasteiger partial charge is 0.305 e. The second-order valence-electron chi connectivity index (χ2n) is 5.22. The summed E-state index contributed by atoms with van der Waals surface area (Å²) in [5.41, 5.74) is 0. The minimum atomic E-state index is -0.125. The highest BCUT2D eigenvalue weighted by Crippen LogP contribution is 2.10. The maximum atomic E-state index is 11.3. The highest BCUT2D eigenvalue weighted by molar-refractivity contribution is 5.69. The van der Waals surface area contributed by atoms with Crippen molar-refractivity contribution in [2.45, 2.75) is 64.2 Å². The molecule has 6 heteroatoms. The molecular formula is C16H30O6. The molecule has 2 N–H and O–H groups in total. The Morgan fingerprint density at radius 1 is 0.636 bits per heavy atom. The molecule has 22 heavy (non-hydrogen) atoms. The van der Waals surface area contributed by atoms with Crippen LogP contribution in [0.25, 0.3) is 0 Å². The highest BCUT2D eigenvalue weighted by atomic mass is 16.5. The van der Waals surface area contributed by atoms with Gasteiger partial charge in [0, 0.05) is 12.8 Å². The molecular weight excluding hydrogens is 288 g/mol. The molecule has 0 aromatic carbocycles. The van der Waals surface area contributed by atoms with E-state index < -0.39 is 0 Å². The minimum absolute atomic E-state index is 0.0981. The zero-order chi connectivity index (χ0) is 16.5. The predicted octanol–water partition coefficient (Wildman–Crippen LogP) is 1.96. The Morgan fingerprint density at radius 2 is 1.00 bits per heavy atom. The molecule has 1 rings (SSSR count). The quantitative estimate of drug-likeness (QED) is 0.718. The molecule has 6 nitrogen and oxygen atoms in total. The Balaban J connectivity index is 0.000000980. The molecule has 1 fully saturated rings. The third kappa shape index (κ3) is 15.3. The summed E-state index contributed by atoms with van der Waals surface area (Å²) in [5, 5.41) is 15.2. The van der Waals surface area contributed by atoms with E-state index in [4.69, 9.17) is 19.7 Å². The van der Waals surface area contributed by atoms with Crippen LogP contribution in [-0.2, 0) is 19.1 Å². The lowest BCUT2D eigenvalue weighted by atomic mass is 10.1. The SMILES string of the molecule is O=C1CCCCCCCCC(=O)OCCCCO1.OCCO. The van der Waals surface area contributed by atoms with Gasteiger partial charge in [0.05, 0.1) is 26.4 Å². The molecule has 0 unspecified atom stereocenters. The molecule has 1 aliphatic heterocycles. The standard InChI is InChI=1S/C14H24O4.C2H6O2/c15-13-9-5-3-1-2-4-6-10-14(16)18-12-8-7-11-17-13;3-1-2-4/h1-12H2;3-4H,1-2H2. The molecule has 0 aliphatic carbocycles. The largest absolute Gasteiger partial charge is 0.466 e. The molecule has 1 aliphatic rings. The Labute approximate surface area is 132 Å². The fourth-order valence-electron chi connectivity index (χ4n) is 1.97. The summed E-state index contributed by atoms with van der Waals surface area (Å²) < 4.78 is 10.2. The van der Waals surface area contributed by atoms with Crippen LogP contribution < -0.4 is 0 Å². The van der Waals surface area contributed by atoms with Gasteiger partial charge in [-0.3, -0.25) is 9.59 Å². The van der Waals surface area contributed by atoms with Gasteiger partial charge in [-0.1, -0.05) is 25.7 Å². The first-order valence-corrected chi connectivity index (χ1v) is 8.23. The van der Waals surface area contributed by atoms with Gasteiger partial charge in [-0.25, -0.2) is 0 Å². The van der Waals surface area contributed by atoms with Crippen molar-refractivity contribution >= 4 is 11.9 Å². The number of rotatable bonds is 1. The Hall–Kier alpha value is -1.14. The van der Waals surface area contributed by atoms with E-state index in [2.05, 4.69) is 0 Å². The molecule has 0 radical (unpaired) electrons. The Bertz CT molecular complexity index is 252. The van der Waals surface area contributed by atoms with Gasteiger partial charge in [-0.15, -0.1) is 0 Å². The number of esters is 2. The minimum Gasteiger partial charge on any atom is -0.466 e. The summed E-state index contributed by atoms with van der Waals surface area (Å²) >= 11 is 0. The molecule has 1 saturated heterocycles. The molecule has 0 amide bonds. The van der Waals surface area contributed by atoms with Gasteiger partial charge in [0.15, 0.2) is 0 Å². The third-order valence-corrected chi connectivity index (χ3v) is 3.18. The molecule has 130 valence electrons. The molecule has 0 atom stereocenters. The first-order chi connectivity index (χ1) is 10.7. The average Bonchev–Trinajstić information content (AvgIpc) is 2.52. The van der Waals surface area contributed by atoms with Crippen molar-refractivity contribution in [3.63, 3.8) is 0 Å². The summed E-state index contributed by atoms with van der Waals surface area (Å²) in [6.07, 6.45) is 8.83. The number of ether oxygens (including phenoxy) is 2. The summed E-state index contributed by atoms with van der Waals surface area (Å²) in [5.74, 6) is -0.196. The fraction of sp³-hybridized carbons (Fsp3) is 0.875. The summed E-state index contributed by atoms with van der Waals surface area (Å²) in [7, 11) is 0. The van der Waals surface area contributed by atoms with Crippen LogP contribution in [0.15, 0.2) is 0 Å². The first-order valence-electron chi connectivity index (χ1n) is 8.23. The van der Waals surface area contributed by atoms with Crippen LogP contribution in [0.1, 0.15) is 64.2 Å². The lowest BCUT2D eigenvalue weighted by Gasteiger charge is -2.07. The van der Waals surface area contributed by atoms with Crippen molar-refractivity contribution in [1.29, 1.82) is 0 Å². The first kappa shape index (κ1) is 20.9. The number of hydrogen-bond donors (Lipinski definition) is 2. The van der Waals surface area contributed by atoms with Gasteiger partial charge in [0.2, 0.25) is 0 Å². The van der Waals surface area contributed by atoms with Gasteiger partial charge >= 0.3 is 11.9 Å². The monoisotopic (exact) mass is 318 g/mol. The van der Waals surface area contributed by atoms with Crippen LogP contribution in [0.4, 0.5) is 0 Å². The fourth-order valence-corrected chi connectivity index (χ4v) is 1.97. The molecule has 0 saturated carbocycles. The number of aliphatic hydroxyl groups is 2. The van der Waals surface area contributed by atoms with Crippen LogP contribution in [0.3, 0.4) is 0 Å². The number of hydrogen-bond acceptors (Lipinski definition) is 6. The van der Waals surface area contributed by atoms with Gasteiger partial charge in [-0.05, 0) is 25.7 Å². The van der Waals surface area contributed by atoms with E-state index in [1.807, 2.05) is 0 Å². The Kier molecular flexibility index (Phi) is 15.4. The van der Waals surface area contributed by atoms with Crippen LogP contribution in [0.5, 0.6) is 0 Å². The number of carbonyl (C=O) groups excluding carboxylic acids is 2. The molecule has 0 spiro atoms. The van der Waals surface area contributed by atoms with E-state index in [0.717, 1.165) is 51.4 Å². The van der Waals surface area contributed by atoms with E-state index in [-0.39, 0.29) is 25.2 Å². The third-order valence-electron chi connectivity index (χ3n) is 3.18. The molecule has 0 aromatic rings. The van der Waals surface area contributed by atoms with Crippen molar-refractivity contribution < 1.29 is 29.3 Å². The molecule has 0 bridgehead atoms. The predicted molar refractivity (Wildman–Crippen MR) is 82.3 cm³/mol. The normalized spacial score (nSPS) is 19.4. The maximum absolute atomic E-state index is 11.3. The zero-order valence-electron chi connectivity index (χ0n) is 13.4. The Morgan fingerprint density at radius 3 is 1.36 bits per heavy atom. The van der Waals surface area contributed by atoms with Crippen molar-refractivity contribution in [2.24, 2.45) is 0 Å². The van der Waals surface area contributed by atoms with E-state index in [9.17, 15) is 9.59 Å². The van der Waals surface area contributed by atoms with E-state index in [1.165, 1.54) is 0 Å². The van der Waals surface area contributed by atoms with Crippen molar-refractivity contribution in [2.75, 3.05) is 26.4 Å². The van der Waals surface area contributed by atoms with E-state index >= 15 is 0 Å². The van der Waals surface area contributed by atoms with E-state index in [0.29, 0.717) is 26.1 Å². The number of carbonyl (C=O) groups is 2. The van der Waals surface area contributed by atoms with Crippen molar-refractivity contribution in [1.82, 2.24) is 0 Å². The van der Waals surface area contributed by atoms with Crippen LogP contribution in [-0.4, -0.2) is 48.6 Å². The van der Waals surface area contributed by atoms with Gasteiger partial charge < -0.3 is 19.7 Å². The number of aliphatic hydroxyl groups excluding tert-OH is 2. The summed E-state index contributed by atoms with van der Waals surface area (Å²) in [6, 6.07) is 0. The van der Waals surface area contributed by atoms with Gasteiger partial charge in [0.1, 0.15) is 0 Å². The van der Waals surface area contributed by atoms with Crippen molar-refractivity contribution in [3.05, 3.63) is 0 Å². The van der Waals surface area contributed by atoms with Crippen LogP contribution in [0.2, 0.25) is 0 Å². The second-order valence-corrected chi connectivity index (χ2v) is 5.22. The van der Waals surface area contributed by atoms with Crippen LogP contribution >= 0.6 is 0 Å². The lowest BCUT2D eigenvalue weighted by Crippen LogP contribution is -2.09. The van der Waals surface area contributed by atoms with Gasteiger partial charge in [-0.2, -0.15) is 0 Å². The van der Waals surface area contributed by atoms with Crippen molar-refractivity contribution in [3.8, 4) is 0 Å². The van der Waals surface area contributed by atoms with Gasteiger partial charge in [0.25, 0.3) is 0 Å². The molecule has 1 heterocycles. The zero-order valence-corrected chi connectivity index (χ0v) is 13.4. The average molecular weight is 318 g/mol. The maximum Gasteiger partial charge on any atom is 0.305 e. The molecule has 0 aromatic heterocycles. The number of cyclic esters (lactones) is 2.